The second kappa shape index (κ2) is 6.37. The summed E-state index contributed by atoms with van der Waals surface area (Å²) in [6, 6.07) is 9.09. The van der Waals surface area contributed by atoms with Crippen molar-refractivity contribution in [3.8, 4) is 0 Å². The van der Waals surface area contributed by atoms with Gasteiger partial charge in [0, 0.05) is 0 Å². The second-order valence-corrected chi connectivity index (χ2v) is 4.74. The van der Waals surface area contributed by atoms with E-state index in [2.05, 4.69) is 42.5 Å². The van der Waals surface area contributed by atoms with Gasteiger partial charge >= 0.3 is 21.7 Å². The summed E-state index contributed by atoms with van der Waals surface area (Å²) in [7, 11) is 0. The van der Waals surface area contributed by atoms with Gasteiger partial charge in [0.1, 0.15) is 0 Å². The zero-order valence-corrected chi connectivity index (χ0v) is 13.5. The Morgan fingerprint density at radius 1 is 1.05 bits per heavy atom. The smallest absolute Gasteiger partial charge is 1.00 e. The van der Waals surface area contributed by atoms with Gasteiger partial charge in [-0.15, -0.1) is 40.1 Å². The Balaban J connectivity index is 0.000000602. The molecule has 19 heavy (non-hydrogen) atoms. The Kier molecular flexibility index (Phi) is 5.58. The minimum absolute atomic E-state index is 0. The molecule has 0 amide bonds. The van der Waals surface area contributed by atoms with Crippen LogP contribution >= 0.6 is 0 Å². The van der Waals surface area contributed by atoms with Gasteiger partial charge in [0.2, 0.25) is 0 Å². The maximum Gasteiger partial charge on any atom is 3.00 e. The van der Waals surface area contributed by atoms with Crippen molar-refractivity contribution in [2.45, 2.75) is 19.3 Å². The van der Waals surface area contributed by atoms with Gasteiger partial charge in [-0.25, -0.2) is 0 Å². The van der Waals surface area contributed by atoms with Crippen molar-refractivity contribution in [3.63, 3.8) is 0 Å². The van der Waals surface area contributed by atoms with E-state index >= 15 is 0 Å². The first-order valence-corrected chi connectivity index (χ1v) is 6.00. The third-order valence-electron chi connectivity index (χ3n) is 3.88. The molecule has 0 spiro atoms. The van der Waals surface area contributed by atoms with E-state index in [1.165, 1.54) is 34.8 Å². The zero-order chi connectivity index (χ0) is 10.5. The summed E-state index contributed by atoms with van der Waals surface area (Å²) in [6.45, 7) is 0. The fourth-order valence-corrected chi connectivity index (χ4v) is 2.97. The van der Waals surface area contributed by atoms with Crippen molar-refractivity contribution in [1.82, 2.24) is 0 Å². The standard InChI is InChI=1S/C16H13.2ClH.Ti/c1-2-5-11(4-1)14-7-3-6-13-10-12-8-9-15(12)16(13)14;;;/h1-4,6-7,10H,5,8-9H2;2*1H;/q-1;;;+3/p-2. The van der Waals surface area contributed by atoms with Gasteiger partial charge < -0.3 is 24.8 Å². The zero-order valence-electron chi connectivity index (χ0n) is 10.4. The quantitative estimate of drug-likeness (QED) is 0.421. The number of aryl methyl sites for hydroxylation is 2. The maximum atomic E-state index is 2.38. The molecule has 0 heterocycles. The summed E-state index contributed by atoms with van der Waals surface area (Å²) < 4.78 is 0. The van der Waals surface area contributed by atoms with Crippen molar-refractivity contribution in [1.29, 1.82) is 0 Å². The number of hydrogen-bond acceptors (Lipinski definition) is 0. The molecule has 0 aliphatic heterocycles. The van der Waals surface area contributed by atoms with E-state index in [0.29, 0.717) is 0 Å². The fourth-order valence-electron chi connectivity index (χ4n) is 2.97. The van der Waals surface area contributed by atoms with Crippen LogP contribution in [0.1, 0.15) is 23.1 Å². The molecule has 2 aromatic rings. The Morgan fingerprint density at radius 3 is 2.53 bits per heavy atom. The van der Waals surface area contributed by atoms with Crippen LogP contribution in [0.4, 0.5) is 0 Å². The molecule has 95 valence electrons. The number of fused-ring (bicyclic) bond motifs is 3. The number of allylic oxidation sites excluding steroid dienone is 4. The van der Waals surface area contributed by atoms with Crippen LogP contribution in [-0.4, -0.2) is 0 Å². The monoisotopic (exact) mass is 323 g/mol. The Labute approximate surface area is 141 Å². The second-order valence-electron chi connectivity index (χ2n) is 4.74. The summed E-state index contributed by atoms with van der Waals surface area (Å²) in [5.74, 6) is 0. The molecule has 0 unspecified atom stereocenters. The van der Waals surface area contributed by atoms with Gasteiger partial charge in [-0.1, -0.05) is 42.7 Å². The topological polar surface area (TPSA) is 0 Å². The van der Waals surface area contributed by atoms with E-state index in [4.69, 9.17) is 0 Å². The van der Waals surface area contributed by atoms with Crippen LogP contribution < -0.4 is 24.8 Å². The SMILES string of the molecule is C1=CCC(c2cccc3[cH-]c4c(c23)CC4)=C1.[Cl-].[Cl-].[Ti+3]. The average Bonchev–Trinajstić information content (AvgIpc) is 2.85. The molecule has 0 N–H and O–H groups in total. The summed E-state index contributed by atoms with van der Waals surface area (Å²) >= 11 is 0. The number of rotatable bonds is 1. The van der Waals surface area contributed by atoms with Gasteiger partial charge in [0.15, 0.2) is 0 Å². The molecule has 0 atom stereocenters. The van der Waals surface area contributed by atoms with E-state index in [-0.39, 0.29) is 46.5 Å². The Hall–Kier alpha value is -0.396. The van der Waals surface area contributed by atoms with E-state index in [1.54, 1.807) is 11.1 Å². The van der Waals surface area contributed by atoms with Crippen LogP contribution in [0.25, 0.3) is 16.3 Å². The average molecular weight is 324 g/mol. The molecule has 0 saturated heterocycles. The van der Waals surface area contributed by atoms with Gasteiger partial charge in [-0.3, -0.25) is 0 Å². The molecular formula is C16H13Cl2Ti. The molecule has 1 radical (unpaired) electrons. The molecule has 0 fully saturated rings. The molecule has 2 aromatic carbocycles. The Morgan fingerprint density at radius 2 is 1.89 bits per heavy atom. The Bertz CT molecular complexity index is 650. The van der Waals surface area contributed by atoms with Crippen LogP contribution in [0.5, 0.6) is 0 Å². The summed E-state index contributed by atoms with van der Waals surface area (Å²) in [5, 5.41) is 2.96. The number of benzene rings is 1. The fraction of sp³-hybridized carbons (Fsp3) is 0.188. The minimum Gasteiger partial charge on any atom is -1.00 e. The van der Waals surface area contributed by atoms with Crippen molar-refractivity contribution < 1.29 is 46.5 Å². The van der Waals surface area contributed by atoms with Crippen molar-refractivity contribution in [2.75, 3.05) is 0 Å². The molecule has 0 saturated carbocycles. The van der Waals surface area contributed by atoms with E-state index in [0.717, 1.165) is 6.42 Å². The largest absolute Gasteiger partial charge is 3.00 e. The molecule has 2 aliphatic rings. The number of hydrogen-bond donors (Lipinski definition) is 0. The van der Waals surface area contributed by atoms with Crippen LogP contribution in [-0.2, 0) is 34.6 Å². The van der Waals surface area contributed by atoms with E-state index in [1.807, 2.05) is 0 Å². The predicted molar refractivity (Wildman–Crippen MR) is 68.7 cm³/mol. The van der Waals surface area contributed by atoms with Gasteiger partial charge in [-0.2, -0.15) is 0 Å². The number of halogens is 2. The third kappa shape index (κ3) is 2.48. The van der Waals surface area contributed by atoms with E-state index in [9.17, 15) is 0 Å². The summed E-state index contributed by atoms with van der Waals surface area (Å²) in [5.41, 5.74) is 6.13. The van der Waals surface area contributed by atoms with Crippen LogP contribution in [0.15, 0.2) is 42.5 Å². The molecule has 4 rings (SSSR count). The summed E-state index contributed by atoms with van der Waals surface area (Å²) in [6.07, 6.45) is 10.3. The molecule has 0 bridgehead atoms. The van der Waals surface area contributed by atoms with Crippen molar-refractivity contribution >= 4 is 16.3 Å². The third-order valence-corrected chi connectivity index (χ3v) is 3.88. The summed E-state index contributed by atoms with van der Waals surface area (Å²) in [4.78, 5) is 0. The predicted octanol–water partition coefficient (Wildman–Crippen LogP) is -1.99. The van der Waals surface area contributed by atoms with Crippen molar-refractivity contribution in [2.24, 2.45) is 0 Å². The minimum atomic E-state index is 0. The first-order valence-electron chi connectivity index (χ1n) is 6.00. The first-order chi connectivity index (χ1) is 7.93. The van der Waals surface area contributed by atoms with Crippen LogP contribution in [0.3, 0.4) is 0 Å². The molecule has 3 heteroatoms. The molecule has 0 nitrogen and oxygen atoms in total. The molecule has 2 aliphatic carbocycles. The normalized spacial score (nSPS) is 14.6. The molecular weight excluding hydrogens is 311 g/mol. The molecule has 0 aromatic heterocycles. The van der Waals surface area contributed by atoms with Gasteiger partial charge in [-0.05, 0) is 12.0 Å². The first kappa shape index (κ1) is 16.7. The van der Waals surface area contributed by atoms with Gasteiger partial charge in [0.05, 0.1) is 0 Å². The van der Waals surface area contributed by atoms with Gasteiger partial charge in [0.25, 0.3) is 0 Å². The van der Waals surface area contributed by atoms with Crippen molar-refractivity contribution in [3.05, 3.63) is 59.2 Å². The van der Waals surface area contributed by atoms with Crippen LogP contribution in [0, 0.1) is 0 Å². The van der Waals surface area contributed by atoms with Crippen LogP contribution in [0.2, 0.25) is 0 Å². The van der Waals surface area contributed by atoms with E-state index < -0.39 is 0 Å². The maximum absolute atomic E-state index is 2.38.